The van der Waals surface area contributed by atoms with Crippen molar-refractivity contribution in [3.63, 3.8) is 0 Å². The van der Waals surface area contributed by atoms with Crippen molar-refractivity contribution in [1.29, 1.82) is 0 Å². The van der Waals surface area contributed by atoms with Crippen LogP contribution in [0.15, 0.2) is 40.5 Å². The SMILES string of the molecule is CCC1=[C-]C(CC)(C2=CC=CC2)C(CC)=C1CC.Cl.Cl.[CH3-].[CH3-].[SiH2]=[Zr]. The van der Waals surface area contributed by atoms with Crippen LogP contribution < -0.4 is 0 Å². The molecule has 0 aromatic rings. The molecule has 4 heteroatoms. The molecule has 0 aromatic carbocycles. The summed E-state index contributed by atoms with van der Waals surface area (Å²) in [5.74, 6) is 0. The van der Waals surface area contributed by atoms with Crippen molar-refractivity contribution in [1.82, 2.24) is 0 Å². The maximum absolute atomic E-state index is 3.88. The van der Waals surface area contributed by atoms with Crippen LogP contribution in [0.1, 0.15) is 59.8 Å². The zero-order chi connectivity index (χ0) is 15.2. The summed E-state index contributed by atoms with van der Waals surface area (Å²) in [5.41, 5.74) is 6.38. The van der Waals surface area contributed by atoms with Crippen molar-refractivity contribution in [2.45, 2.75) is 59.8 Å². The molecular formula is C20H35Cl2SiZr-3. The van der Waals surface area contributed by atoms with Crippen LogP contribution in [0.2, 0.25) is 0 Å². The van der Waals surface area contributed by atoms with Gasteiger partial charge in [0.2, 0.25) is 0 Å². The van der Waals surface area contributed by atoms with Crippen molar-refractivity contribution in [2.24, 2.45) is 5.41 Å². The van der Waals surface area contributed by atoms with E-state index in [2.05, 4.69) is 52.0 Å². The van der Waals surface area contributed by atoms with Crippen LogP contribution in [0.3, 0.4) is 0 Å². The molecule has 0 aromatic heterocycles. The monoisotopic (exact) mass is 463 g/mol. The van der Waals surface area contributed by atoms with E-state index in [0.717, 1.165) is 32.1 Å². The van der Waals surface area contributed by atoms with Crippen LogP contribution in [-0.2, 0) is 23.3 Å². The van der Waals surface area contributed by atoms with Crippen LogP contribution in [-0.4, -0.2) is 6.88 Å². The molecule has 24 heavy (non-hydrogen) atoms. The second kappa shape index (κ2) is 15.9. The van der Waals surface area contributed by atoms with Gasteiger partial charge in [-0.3, -0.25) is 6.08 Å². The van der Waals surface area contributed by atoms with Crippen LogP contribution in [0.25, 0.3) is 0 Å². The molecule has 0 radical (unpaired) electrons. The van der Waals surface area contributed by atoms with Gasteiger partial charge in [0.25, 0.3) is 0 Å². The minimum absolute atomic E-state index is 0. The van der Waals surface area contributed by atoms with Gasteiger partial charge in [-0.25, -0.2) is 5.57 Å². The quantitative estimate of drug-likeness (QED) is 0.327. The van der Waals surface area contributed by atoms with Gasteiger partial charge in [0.1, 0.15) is 0 Å². The van der Waals surface area contributed by atoms with E-state index in [9.17, 15) is 0 Å². The Balaban J connectivity index is -0.000000321. The molecule has 0 bridgehead atoms. The Hall–Kier alpha value is 0.640. The van der Waals surface area contributed by atoms with Gasteiger partial charge in [0.15, 0.2) is 0 Å². The molecule has 2 rings (SSSR count). The topological polar surface area (TPSA) is 0 Å². The molecule has 0 saturated heterocycles. The third-order valence-electron chi connectivity index (χ3n) is 4.52. The van der Waals surface area contributed by atoms with E-state index in [1.54, 1.807) is 40.1 Å². The number of hydrogen-bond acceptors (Lipinski definition) is 0. The van der Waals surface area contributed by atoms with Gasteiger partial charge in [-0.15, -0.1) is 24.8 Å². The second-order valence-corrected chi connectivity index (χ2v) is 5.20. The van der Waals surface area contributed by atoms with E-state index < -0.39 is 0 Å². The Morgan fingerprint density at radius 3 is 1.96 bits per heavy atom. The third-order valence-corrected chi connectivity index (χ3v) is 4.52. The number of rotatable bonds is 5. The predicted octanol–water partition coefficient (Wildman–Crippen LogP) is 6.36. The van der Waals surface area contributed by atoms with Crippen molar-refractivity contribution >= 4 is 31.7 Å². The molecule has 1 atom stereocenters. The minimum atomic E-state index is 0. The van der Waals surface area contributed by atoms with Gasteiger partial charge >= 0.3 is 30.2 Å². The van der Waals surface area contributed by atoms with Gasteiger partial charge in [0.05, 0.1) is 0 Å². The van der Waals surface area contributed by atoms with Crippen LogP contribution in [0, 0.1) is 26.3 Å². The Labute approximate surface area is 180 Å². The summed E-state index contributed by atoms with van der Waals surface area (Å²) in [4.78, 5) is 0. The van der Waals surface area contributed by atoms with Gasteiger partial charge in [-0.05, 0) is 6.42 Å². The Kier molecular flexibility index (Phi) is 21.4. The average Bonchev–Trinajstić information content (AvgIpc) is 3.14. The van der Waals surface area contributed by atoms with Crippen LogP contribution in [0.5, 0.6) is 0 Å². The van der Waals surface area contributed by atoms with Crippen LogP contribution in [0.4, 0.5) is 0 Å². The first-order valence-electron chi connectivity index (χ1n) is 7.81. The molecule has 0 N–H and O–H groups in total. The van der Waals surface area contributed by atoms with E-state index in [4.69, 9.17) is 0 Å². The molecule has 0 nitrogen and oxygen atoms in total. The molecule has 0 heterocycles. The second-order valence-electron chi connectivity index (χ2n) is 5.20. The fraction of sp³-hybridized carbons (Fsp3) is 0.500. The molecule has 0 spiro atoms. The Bertz CT molecular complexity index is 478. The molecule has 2 aliphatic rings. The molecule has 2 aliphatic carbocycles. The summed E-state index contributed by atoms with van der Waals surface area (Å²) in [6, 6.07) is 0. The van der Waals surface area contributed by atoms with Gasteiger partial charge in [0, 0.05) is 0 Å². The summed E-state index contributed by atoms with van der Waals surface area (Å²) in [5, 5.41) is 0. The number of halogens is 2. The zero-order valence-electron chi connectivity index (χ0n) is 16.3. The van der Waals surface area contributed by atoms with E-state index in [0.29, 0.717) is 0 Å². The summed E-state index contributed by atoms with van der Waals surface area (Å²) < 4.78 is 0. The van der Waals surface area contributed by atoms with E-state index >= 15 is 0 Å². The fourth-order valence-corrected chi connectivity index (χ4v) is 3.66. The molecule has 1 unspecified atom stereocenters. The molecule has 0 aliphatic heterocycles. The summed E-state index contributed by atoms with van der Waals surface area (Å²) in [7, 11) is 0. The fourth-order valence-electron chi connectivity index (χ4n) is 3.66. The standard InChI is InChI=1S/C18H25.2CH3.2ClH.H2Si.Zr/c1-5-14-13-18(8-4,15-11-9-10-12-15)17(7-3)16(14)6-2;;;;;;/h9-11H,5-8,12H2,1-4H3;2*1H3;2*1H;1H2;/q3*-1;;;;. The molecule has 140 valence electrons. The van der Waals surface area contributed by atoms with E-state index in [1.165, 1.54) is 5.57 Å². The first-order valence-corrected chi connectivity index (χ1v) is 13.7. The van der Waals surface area contributed by atoms with Crippen molar-refractivity contribution in [3.05, 3.63) is 61.4 Å². The first-order chi connectivity index (χ1) is 9.73. The van der Waals surface area contributed by atoms with E-state index in [1.807, 2.05) is 6.88 Å². The van der Waals surface area contributed by atoms with Crippen molar-refractivity contribution in [3.8, 4) is 0 Å². The summed E-state index contributed by atoms with van der Waals surface area (Å²) in [6.07, 6.45) is 16.4. The summed E-state index contributed by atoms with van der Waals surface area (Å²) in [6.45, 7) is 11.1. The number of hydrogen-bond donors (Lipinski definition) is 0. The normalized spacial score (nSPS) is 20.3. The molecule has 0 amide bonds. The average molecular weight is 466 g/mol. The van der Waals surface area contributed by atoms with Crippen molar-refractivity contribution in [2.75, 3.05) is 0 Å². The Morgan fingerprint density at radius 1 is 1.04 bits per heavy atom. The van der Waals surface area contributed by atoms with Gasteiger partial charge in [-0.2, -0.15) is 11.1 Å². The number of allylic oxidation sites excluding steroid dienone is 8. The van der Waals surface area contributed by atoms with Gasteiger partial charge in [-0.1, -0.05) is 82.6 Å². The van der Waals surface area contributed by atoms with Gasteiger partial charge < -0.3 is 14.9 Å². The van der Waals surface area contributed by atoms with Crippen LogP contribution >= 0.6 is 24.8 Å². The summed E-state index contributed by atoms with van der Waals surface area (Å²) >= 11 is 1.58. The molecule has 0 fully saturated rings. The maximum atomic E-state index is 3.88. The Morgan fingerprint density at radius 2 is 1.62 bits per heavy atom. The van der Waals surface area contributed by atoms with E-state index in [-0.39, 0.29) is 45.1 Å². The zero-order valence-corrected chi connectivity index (χ0v) is 21.8. The molecular weight excluding hydrogens is 430 g/mol. The predicted molar refractivity (Wildman–Crippen MR) is 115 cm³/mol. The van der Waals surface area contributed by atoms with Crippen molar-refractivity contribution < 1.29 is 23.3 Å². The first kappa shape index (κ1) is 32.3. The molecule has 0 saturated carbocycles. The third kappa shape index (κ3) is 6.11.